The standard InChI is InChI=1S/C18H20S2.C17H18S2.C16H16S2.2C16H18S2.C15H16S2/c1-12-9-16-17(19-12)14-10-13(5-6-15(14)20-16)11-18(2)7-3-4-8-18;1-11-8-16-17(18-11)14-10-13(6-7-15(14)19-16)9-12-4-2-3-5-12;1-10-8-15-16(17-10)13-9-12(6-7-14(13)18-15)11-4-2-3-5-11;2*1-10-7-14-15(17-10)12-8-11(9-16(2,3)4)5-6-13(12)18-14;1-9(2)6-11-4-5-13-12(8-11)15-14(17-13)7-10(3)16-15/h5-6,9-10H,3-4,7-8,11H2,1-2H3;6-8,10,12H,2-5,9H2,1H3;6-9,11H,2-5H2,1H3;2*5-8H,9H2,1-4H3;4-5,7-9H,6H2,1-3H3. The Bertz CT molecular complexity index is 6140. The van der Waals surface area contributed by atoms with Crippen LogP contribution >= 0.6 is 136 Å². The van der Waals surface area contributed by atoms with Gasteiger partial charge in [-0.2, -0.15) is 0 Å². The van der Waals surface area contributed by atoms with E-state index in [1.807, 2.05) is 136 Å². The fraction of sp³-hybridized carbons (Fsp3) is 0.388. The molecule has 0 nitrogen and oxygen atoms in total. The Balaban J connectivity index is 0.000000100. The van der Waals surface area contributed by atoms with Crippen molar-refractivity contribution in [1.82, 2.24) is 0 Å². The maximum atomic E-state index is 2.47. The Morgan fingerprint density at radius 2 is 0.609 bits per heavy atom. The summed E-state index contributed by atoms with van der Waals surface area (Å²) in [7, 11) is 0. The summed E-state index contributed by atoms with van der Waals surface area (Å²) < 4.78 is 26.3. The van der Waals surface area contributed by atoms with Gasteiger partial charge in [-0.15, -0.1) is 136 Å². The van der Waals surface area contributed by atoms with Crippen LogP contribution in [-0.4, -0.2) is 0 Å². The van der Waals surface area contributed by atoms with Gasteiger partial charge >= 0.3 is 0 Å². The first-order valence-corrected chi connectivity index (χ1v) is 50.0. The first kappa shape index (κ1) is 78.7. The van der Waals surface area contributed by atoms with Crippen molar-refractivity contribution < 1.29 is 0 Å². The second kappa shape index (κ2) is 32.9. The molecule has 0 saturated heterocycles. The third kappa shape index (κ3) is 18.1. The highest BCUT2D eigenvalue weighted by molar-refractivity contribution is 7.35. The molecule has 3 saturated carbocycles. The molecule has 3 fully saturated rings. The normalized spacial score (nSPS) is 15.1. The number of thiophene rings is 12. The van der Waals surface area contributed by atoms with Crippen molar-refractivity contribution in [3.8, 4) is 0 Å². The minimum Gasteiger partial charge on any atom is -0.139 e. The Labute approximate surface area is 700 Å². The average Bonchev–Trinajstić information content (AvgIpc) is 1.66. The largest absolute Gasteiger partial charge is 0.139 e. The van der Waals surface area contributed by atoms with Crippen molar-refractivity contribution in [3.63, 3.8) is 0 Å². The van der Waals surface area contributed by atoms with Gasteiger partial charge in [0.2, 0.25) is 0 Å². The van der Waals surface area contributed by atoms with Gasteiger partial charge in [0, 0.05) is 118 Å². The van der Waals surface area contributed by atoms with Crippen LogP contribution in [0.4, 0.5) is 0 Å². The molecule has 0 amide bonds. The number of hydrogen-bond acceptors (Lipinski definition) is 12. The third-order valence-electron chi connectivity index (χ3n) is 22.3. The summed E-state index contributed by atoms with van der Waals surface area (Å²) in [5.74, 6) is 2.49. The first-order chi connectivity index (χ1) is 52.7. The summed E-state index contributed by atoms with van der Waals surface area (Å²) in [4.78, 5) is 8.55. The van der Waals surface area contributed by atoms with Gasteiger partial charge in [-0.05, 0) is 276 Å². The second-order valence-electron chi connectivity index (χ2n) is 35.4. The molecule has 0 spiro atoms. The van der Waals surface area contributed by atoms with Crippen LogP contribution < -0.4 is 0 Å². The molecule has 0 atom stereocenters. The Morgan fingerprint density at radius 1 is 0.318 bits per heavy atom. The van der Waals surface area contributed by atoms with E-state index < -0.39 is 0 Å². The molecule has 0 unspecified atom stereocenters. The minimum atomic E-state index is 0.355. The third-order valence-corrected chi connectivity index (χ3v) is 36.3. The molecule has 3 aliphatic carbocycles. The van der Waals surface area contributed by atoms with Crippen molar-refractivity contribution in [1.29, 1.82) is 0 Å². The molecule has 110 heavy (non-hydrogen) atoms. The quantitative estimate of drug-likeness (QED) is 0.135. The predicted octanol–water partition coefficient (Wildman–Crippen LogP) is 36.4. The van der Waals surface area contributed by atoms with Crippen molar-refractivity contribution in [2.24, 2.45) is 28.1 Å². The minimum absolute atomic E-state index is 0.355. The van der Waals surface area contributed by atoms with Crippen LogP contribution in [0.5, 0.6) is 0 Å². The van der Waals surface area contributed by atoms with Gasteiger partial charge in [-0.25, -0.2) is 0 Å². The van der Waals surface area contributed by atoms with Crippen LogP contribution in [0, 0.1) is 69.6 Å². The lowest BCUT2D eigenvalue weighted by atomic mass is 9.82. The smallest absolute Gasteiger partial charge is 0.0532 e. The first-order valence-electron chi connectivity index (χ1n) is 40.2. The molecule has 0 N–H and O–H groups in total. The topological polar surface area (TPSA) is 0 Å². The highest BCUT2D eigenvalue weighted by Gasteiger charge is 2.29. The number of benzene rings is 6. The van der Waals surface area contributed by atoms with Gasteiger partial charge in [-0.3, -0.25) is 0 Å². The molecule has 21 rings (SSSR count). The number of hydrogen-bond donors (Lipinski definition) is 0. The zero-order valence-electron chi connectivity index (χ0n) is 67.0. The van der Waals surface area contributed by atoms with Gasteiger partial charge < -0.3 is 0 Å². The van der Waals surface area contributed by atoms with E-state index in [0.717, 1.165) is 30.6 Å². The van der Waals surface area contributed by atoms with Crippen LogP contribution in [0.15, 0.2) is 146 Å². The van der Waals surface area contributed by atoms with Crippen LogP contribution in [0.3, 0.4) is 0 Å². The van der Waals surface area contributed by atoms with Crippen molar-refractivity contribution in [2.75, 3.05) is 0 Å². The molecule has 12 heterocycles. The summed E-state index contributed by atoms with van der Waals surface area (Å²) in [6.45, 7) is 34.1. The highest BCUT2D eigenvalue weighted by atomic mass is 32.1. The lowest BCUT2D eigenvalue weighted by molar-refractivity contribution is 0.335. The van der Waals surface area contributed by atoms with E-state index in [4.69, 9.17) is 0 Å². The van der Waals surface area contributed by atoms with Crippen molar-refractivity contribution in [2.45, 2.75) is 219 Å². The summed E-state index contributed by atoms with van der Waals surface area (Å²) in [5, 5.41) is 8.85. The summed E-state index contributed by atoms with van der Waals surface area (Å²) in [6.07, 6.45) is 23.0. The maximum Gasteiger partial charge on any atom is 0.0532 e. The SMILES string of the molecule is Cc1cc2sc3ccc(C4CCCC4)cc3c2s1.Cc1cc2sc3ccc(CC(C)(C)C)cc3c2s1.Cc1cc2sc3ccc(CC(C)(C)C)cc3c2s1.Cc1cc2sc3ccc(CC(C)C)cc3c2s1.Cc1cc2sc3ccc(CC4(C)CCCC4)cc3c2s1.Cc1cc2sc3ccc(CC4CCCC4)cc3c2s1. The van der Waals surface area contributed by atoms with Crippen LogP contribution in [-0.2, 0) is 32.1 Å². The maximum absolute atomic E-state index is 2.47. The lowest BCUT2D eigenvalue weighted by Gasteiger charge is -2.23. The number of rotatable bonds is 9. The van der Waals surface area contributed by atoms with Gasteiger partial charge in [0.25, 0.3) is 0 Å². The summed E-state index contributed by atoms with van der Waals surface area (Å²) in [6, 6.07) is 56.4. The zero-order valence-corrected chi connectivity index (χ0v) is 76.8. The van der Waals surface area contributed by atoms with Crippen LogP contribution in [0.25, 0.3) is 117 Å². The highest BCUT2D eigenvalue weighted by Crippen LogP contribution is 2.48. The van der Waals surface area contributed by atoms with E-state index in [0.29, 0.717) is 16.2 Å². The molecular weight excluding hydrogens is 1560 g/mol. The molecule has 12 aromatic heterocycles. The number of fused-ring (bicyclic) bond motifs is 18. The predicted molar refractivity (Wildman–Crippen MR) is 514 cm³/mol. The molecular formula is C98H106S12. The fourth-order valence-electron chi connectivity index (χ4n) is 17.5. The van der Waals surface area contributed by atoms with E-state index in [1.165, 1.54) is 265 Å². The van der Waals surface area contributed by atoms with Gasteiger partial charge in [-0.1, -0.05) is 150 Å². The van der Waals surface area contributed by atoms with Crippen molar-refractivity contribution in [3.05, 3.63) is 208 Å². The Hall–Kier alpha value is -5.16. The molecule has 0 aliphatic heterocycles. The fourth-order valence-corrected chi connectivity index (χ4v) is 32.0. The van der Waals surface area contributed by atoms with E-state index in [1.54, 1.807) is 11.1 Å². The Kier molecular flexibility index (Phi) is 23.5. The lowest BCUT2D eigenvalue weighted by Crippen LogP contribution is -2.14. The van der Waals surface area contributed by atoms with E-state index >= 15 is 0 Å². The zero-order chi connectivity index (χ0) is 76.5. The summed E-state index contributed by atoms with van der Waals surface area (Å²) in [5.41, 5.74) is 10.3. The molecule has 12 heteroatoms. The van der Waals surface area contributed by atoms with Crippen molar-refractivity contribution >= 4 is 253 Å². The monoisotopic (exact) mass is 1670 g/mol. The molecule has 3 aliphatic rings. The Morgan fingerprint density at radius 3 is 0.964 bits per heavy atom. The van der Waals surface area contributed by atoms with Gasteiger partial charge in [0.15, 0.2) is 0 Å². The molecule has 6 aromatic carbocycles. The van der Waals surface area contributed by atoms with Crippen LogP contribution in [0.1, 0.15) is 208 Å². The van der Waals surface area contributed by atoms with Gasteiger partial charge in [0.1, 0.15) is 0 Å². The second-order valence-corrected chi connectivity index (χ2v) is 49.5. The molecule has 0 radical (unpaired) electrons. The average molecular weight is 1670 g/mol. The molecule has 0 bridgehead atoms. The molecule has 18 aromatic rings. The van der Waals surface area contributed by atoms with E-state index in [9.17, 15) is 0 Å². The van der Waals surface area contributed by atoms with Crippen LogP contribution in [0.2, 0.25) is 0 Å². The van der Waals surface area contributed by atoms with Gasteiger partial charge in [0.05, 0.1) is 28.2 Å². The van der Waals surface area contributed by atoms with E-state index in [2.05, 4.69) is 249 Å². The number of aryl methyl sites for hydroxylation is 6. The van der Waals surface area contributed by atoms with E-state index in [-0.39, 0.29) is 0 Å². The molecule has 570 valence electrons. The summed E-state index contributed by atoms with van der Waals surface area (Å²) >= 11 is 23.2.